The maximum absolute atomic E-state index is 11.3. The molecule has 0 heterocycles. The smallest absolute Gasteiger partial charge is 0.317 e. The third kappa shape index (κ3) is 11.7. The van der Waals surface area contributed by atoms with Crippen LogP contribution in [0.15, 0.2) is 0 Å². The minimum atomic E-state index is -0.484. The van der Waals surface area contributed by atoms with Gasteiger partial charge in [-0.1, -0.05) is 46.5 Å². The monoisotopic (exact) mass is 272 g/mol. The number of rotatable bonds is 11. The fourth-order valence-electron chi connectivity index (χ4n) is 1.51. The molecule has 4 nitrogen and oxygen atoms in total. The van der Waals surface area contributed by atoms with Gasteiger partial charge in [-0.05, 0) is 18.8 Å². The van der Waals surface area contributed by atoms with E-state index in [9.17, 15) is 9.59 Å². The summed E-state index contributed by atoms with van der Waals surface area (Å²) < 4.78 is 9.96. The van der Waals surface area contributed by atoms with E-state index in [0.717, 1.165) is 38.5 Å². The van der Waals surface area contributed by atoms with Crippen LogP contribution in [-0.4, -0.2) is 25.2 Å². The molecule has 0 aliphatic heterocycles. The Labute approximate surface area is 116 Å². The molecule has 0 aromatic heterocycles. The van der Waals surface area contributed by atoms with Crippen molar-refractivity contribution in [1.82, 2.24) is 0 Å². The second kappa shape index (κ2) is 12.0. The quantitative estimate of drug-likeness (QED) is 0.328. The molecule has 0 N–H and O–H groups in total. The highest BCUT2D eigenvalue weighted by molar-refractivity contribution is 5.91. The Hall–Kier alpha value is -1.06. The van der Waals surface area contributed by atoms with Crippen LogP contribution in [0.4, 0.5) is 0 Å². The van der Waals surface area contributed by atoms with E-state index >= 15 is 0 Å². The lowest BCUT2D eigenvalue weighted by molar-refractivity contribution is -0.154. The van der Waals surface area contributed by atoms with Crippen LogP contribution in [-0.2, 0) is 19.1 Å². The second-order valence-electron chi connectivity index (χ2n) is 4.98. The van der Waals surface area contributed by atoms with Crippen LogP contribution < -0.4 is 0 Å². The van der Waals surface area contributed by atoms with Crippen molar-refractivity contribution in [1.29, 1.82) is 0 Å². The van der Waals surface area contributed by atoms with Gasteiger partial charge in [0.2, 0.25) is 0 Å². The van der Waals surface area contributed by atoms with Gasteiger partial charge in [-0.2, -0.15) is 0 Å². The number of carbonyl (C=O) groups excluding carboxylic acids is 2. The number of esters is 2. The van der Waals surface area contributed by atoms with Crippen LogP contribution in [0.25, 0.3) is 0 Å². The molecule has 0 aliphatic rings. The maximum atomic E-state index is 11.3. The van der Waals surface area contributed by atoms with Crippen LogP contribution in [0.5, 0.6) is 0 Å². The molecule has 0 aromatic carbocycles. The molecule has 1 unspecified atom stereocenters. The first-order chi connectivity index (χ1) is 9.10. The van der Waals surface area contributed by atoms with Gasteiger partial charge in [-0.25, -0.2) is 0 Å². The Morgan fingerprint density at radius 3 is 2.16 bits per heavy atom. The van der Waals surface area contributed by atoms with E-state index in [0.29, 0.717) is 19.1 Å². The summed E-state index contributed by atoms with van der Waals surface area (Å²) >= 11 is 0. The van der Waals surface area contributed by atoms with Gasteiger partial charge in [-0.15, -0.1) is 0 Å². The highest BCUT2D eigenvalue weighted by atomic mass is 16.6. The maximum Gasteiger partial charge on any atom is 0.317 e. The lowest BCUT2D eigenvalue weighted by atomic mass is 10.1. The summed E-state index contributed by atoms with van der Waals surface area (Å²) in [4.78, 5) is 22.7. The summed E-state index contributed by atoms with van der Waals surface area (Å²) in [5, 5.41) is 0. The largest absolute Gasteiger partial charge is 0.465 e. The van der Waals surface area contributed by atoms with Crippen molar-refractivity contribution in [2.45, 2.75) is 65.7 Å². The van der Waals surface area contributed by atoms with E-state index in [1.807, 2.05) is 0 Å². The normalized spacial score (nSPS) is 11.9. The van der Waals surface area contributed by atoms with Crippen molar-refractivity contribution < 1.29 is 19.1 Å². The molecule has 0 bridgehead atoms. The Morgan fingerprint density at radius 1 is 0.947 bits per heavy atom. The molecular formula is C15H28O4. The van der Waals surface area contributed by atoms with Crippen LogP contribution in [0, 0.1) is 5.92 Å². The first-order valence-electron chi connectivity index (χ1n) is 7.41. The standard InChI is InChI=1S/C15H28O4/c1-4-6-7-8-10-18-14(16)12-15(17)19-11-9-13(3)5-2/h13H,4-12H2,1-3H3. The summed E-state index contributed by atoms with van der Waals surface area (Å²) in [5.41, 5.74) is 0. The van der Waals surface area contributed by atoms with Crippen LogP contribution in [0.2, 0.25) is 0 Å². The zero-order chi connectivity index (χ0) is 14.5. The predicted molar refractivity (Wildman–Crippen MR) is 74.7 cm³/mol. The molecular weight excluding hydrogens is 244 g/mol. The van der Waals surface area contributed by atoms with Crippen molar-refractivity contribution in [3.63, 3.8) is 0 Å². The van der Waals surface area contributed by atoms with Gasteiger partial charge >= 0.3 is 11.9 Å². The molecule has 0 radical (unpaired) electrons. The van der Waals surface area contributed by atoms with Gasteiger partial charge in [0.05, 0.1) is 13.2 Å². The predicted octanol–water partition coefficient (Wildman–Crippen LogP) is 3.48. The average Bonchev–Trinajstić information content (AvgIpc) is 2.38. The van der Waals surface area contributed by atoms with E-state index < -0.39 is 11.9 Å². The highest BCUT2D eigenvalue weighted by Crippen LogP contribution is 2.06. The molecule has 0 amide bonds. The third-order valence-corrected chi connectivity index (χ3v) is 3.12. The van der Waals surface area contributed by atoms with Gasteiger partial charge in [0.25, 0.3) is 0 Å². The molecule has 0 aromatic rings. The summed E-state index contributed by atoms with van der Waals surface area (Å²) in [7, 11) is 0. The van der Waals surface area contributed by atoms with Crippen molar-refractivity contribution in [3.8, 4) is 0 Å². The molecule has 0 saturated carbocycles. The minimum Gasteiger partial charge on any atom is -0.465 e. The van der Waals surface area contributed by atoms with E-state index in [4.69, 9.17) is 9.47 Å². The van der Waals surface area contributed by atoms with Crippen LogP contribution >= 0.6 is 0 Å². The van der Waals surface area contributed by atoms with Crippen molar-refractivity contribution >= 4 is 11.9 Å². The van der Waals surface area contributed by atoms with Crippen molar-refractivity contribution in [2.75, 3.05) is 13.2 Å². The average molecular weight is 272 g/mol. The van der Waals surface area contributed by atoms with Gasteiger partial charge in [0, 0.05) is 0 Å². The van der Waals surface area contributed by atoms with Gasteiger partial charge in [0.15, 0.2) is 0 Å². The van der Waals surface area contributed by atoms with Gasteiger partial charge in [-0.3, -0.25) is 9.59 Å². The number of hydrogen-bond donors (Lipinski definition) is 0. The number of hydrogen-bond acceptors (Lipinski definition) is 4. The van der Waals surface area contributed by atoms with Gasteiger partial charge < -0.3 is 9.47 Å². The van der Waals surface area contributed by atoms with E-state index in [2.05, 4.69) is 20.8 Å². The Kier molecular flexibility index (Phi) is 11.3. The van der Waals surface area contributed by atoms with Crippen LogP contribution in [0.1, 0.15) is 65.7 Å². The number of unbranched alkanes of at least 4 members (excludes halogenated alkanes) is 3. The molecule has 0 rings (SSSR count). The molecule has 0 fully saturated rings. The Balaban J connectivity index is 3.50. The van der Waals surface area contributed by atoms with Gasteiger partial charge in [0.1, 0.15) is 6.42 Å². The van der Waals surface area contributed by atoms with E-state index in [1.165, 1.54) is 0 Å². The van der Waals surface area contributed by atoms with Crippen molar-refractivity contribution in [3.05, 3.63) is 0 Å². The first-order valence-corrected chi connectivity index (χ1v) is 7.41. The Morgan fingerprint density at radius 2 is 1.58 bits per heavy atom. The first kappa shape index (κ1) is 17.9. The number of carbonyl (C=O) groups is 2. The van der Waals surface area contributed by atoms with Crippen LogP contribution in [0.3, 0.4) is 0 Å². The van der Waals surface area contributed by atoms with E-state index in [1.54, 1.807) is 0 Å². The highest BCUT2D eigenvalue weighted by Gasteiger charge is 2.12. The molecule has 0 spiro atoms. The molecule has 1 atom stereocenters. The molecule has 112 valence electrons. The zero-order valence-electron chi connectivity index (χ0n) is 12.6. The zero-order valence-corrected chi connectivity index (χ0v) is 12.6. The minimum absolute atomic E-state index is 0.270. The summed E-state index contributed by atoms with van der Waals surface area (Å²) in [5.74, 6) is -0.426. The molecule has 19 heavy (non-hydrogen) atoms. The molecule has 0 aliphatic carbocycles. The fourth-order valence-corrected chi connectivity index (χ4v) is 1.51. The van der Waals surface area contributed by atoms with Crippen molar-refractivity contribution in [2.24, 2.45) is 5.92 Å². The fraction of sp³-hybridized carbons (Fsp3) is 0.867. The van der Waals surface area contributed by atoms with E-state index in [-0.39, 0.29) is 6.42 Å². The lowest BCUT2D eigenvalue weighted by Gasteiger charge is -2.09. The third-order valence-electron chi connectivity index (χ3n) is 3.12. The lowest BCUT2D eigenvalue weighted by Crippen LogP contribution is -2.15. The molecule has 4 heteroatoms. The summed E-state index contributed by atoms with van der Waals surface area (Å²) in [6.07, 6.45) is 5.86. The topological polar surface area (TPSA) is 52.6 Å². The Bertz CT molecular complexity index is 251. The number of ether oxygens (including phenoxy) is 2. The summed E-state index contributed by atoms with van der Waals surface area (Å²) in [6, 6.07) is 0. The molecule has 0 saturated heterocycles. The summed E-state index contributed by atoms with van der Waals surface area (Å²) in [6.45, 7) is 7.12. The second-order valence-corrected chi connectivity index (χ2v) is 4.98. The SMILES string of the molecule is CCCCCCOC(=O)CC(=O)OCCC(C)CC.